The van der Waals surface area contributed by atoms with E-state index < -0.39 is 0 Å². The Hall–Kier alpha value is -0.610. The van der Waals surface area contributed by atoms with Gasteiger partial charge < -0.3 is 5.32 Å². The van der Waals surface area contributed by atoms with Crippen molar-refractivity contribution in [2.75, 3.05) is 13.7 Å². The molecule has 4 nitrogen and oxygen atoms in total. The normalized spacial score (nSPS) is 28.1. The molecule has 0 aliphatic carbocycles. The van der Waals surface area contributed by atoms with Crippen molar-refractivity contribution in [3.8, 4) is 0 Å². The van der Waals surface area contributed by atoms with E-state index in [1.54, 1.807) is 7.05 Å². The van der Waals surface area contributed by atoms with Gasteiger partial charge in [-0.2, -0.15) is 0 Å². The SMILES string of the molecule is CNC1CONC1=O. The van der Waals surface area contributed by atoms with E-state index >= 15 is 0 Å². The number of likely N-dealkylation sites (N-methyl/N-ethyl adjacent to an activating group) is 1. The number of carbonyl (C=O) groups excluding carboxylic acids is 1. The van der Waals surface area contributed by atoms with Gasteiger partial charge in [0.25, 0.3) is 5.91 Å². The zero-order valence-electron chi connectivity index (χ0n) is 4.60. The smallest absolute Gasteiger partial charge is 0.263 e. The Balaban J connectivity index is 2.42. The molecule has 1 unspecified atom stereocenters. The second-order valence-electron chi connectivity index (χ2n) is 1.62. The van der Waals surface area contributed by atoms with Crippen molar-refractivity contribution in [1.82, 2.24) is 10.8 Å². The van der Waals surface area contributed by atoms with E-state index in [2.05, 4.69) is 15.6 Å². The van der Waals surface area contributed by atoms with Crippen LogP contribution in [0.2, 0.25) is 0 Å². The van der Waals surface area contributed by atoms with Gasteiger partial charge in [0.2, 0.25) is 0 Å². The molecule has 1 amide bonds. The van der Waals surface area contributed by atoms with Crippen molar-refractivity contribution < 1.29 is 9.63 Å². The molecule has 1 atom stereocenters. The van der Waals surface area contributed by atoms with Gasteiger partial charge in [-0.05, 0) is 7.05 Å². The summed E-state index contributed by atoms with van der Waals surface area (Å²) in [5, 5.41) is 2.78. The summed E-state index contributed by atoms with van der Waals surface area (Å²) in [5.74, 6) is -0.0903. The molecule has 46 valence electrons. The maximum atomic E-state index is 10.5. The topological polar surface area (TPSA) is 50.4 Å². The molecule has 1 aliphatic rings. The molecule has 0 aromatic rings. The summed E-state index contributed by atoms with van der Waals surface area (Å²) >= 11 is 0. The summed E-state index contributed by atoms with van der Waals surface area (Å²) in [4.78, 5) is 15.1. The van der Waals surface area contributed by atoms with Crippen molar-refractivity contribution in [3.05, 3.63) is 0 Å². The van der Waals surface area contributed by atoms with Crippen LogP contribution in [0.1, 0.15) is 0 Å². The second-order valence-corrected chi connectivity index (χ2v) is 1.62. The van der Waals surface area contributed by atoms with Gasteiger partial charge in [0.05, 0.1) is 6.61 Å². The summed E-state index contributed by atoms with van der Waals surface area (Å²) in [6, 6.07) is -0.157. The Kier molecular flexibility index (Phi) is 1.45. The number of amides is 1. The number of carbonyl (C=O) groups is 1. The Bertz CT molecular complexity index is 104. The summed E-state index contributed by atoms with van der Waals surface area (Å²) in [5.41, 5.74) is 2.22. The Morgan fingerprint density at radius 1 is 2.00 bits per heavy atom. The minimum Gasteiger partial charge on any atom is -0.307 e. The van der Waals surface area contributed by atoms with E-state index in [-0.39, 0.29) is 11.9 Å². The lowest BCUT2D eigenvalue weighted by Gasteiger charge is -1.97. The number of rotatable bonds is 1. The third-order valence-corrected chi connectivity index (χ3v) is 1.09. The fourth-order valence-electron chi connectivity index (χ4n) is 0.557. The average Bonchev–Trinajstić information content (AvgIpc) is 2.14. The number of hydrogen-bond donors (Lipinski definition) is 2. The molecule has 2 N–H and O–H groups in total. The van der Waals surface area contributed by atoms with Gasteiger partial charge in [0.1, 0.15) is 6.04 Å². The van der Waals surface area contributed by atoms with Crippen molar-refractivity contribution in [2.45, 2.75) is 6.04 Å². The fraction of sp³-hybridized carbons (Fsp3) is 0.750. The van der Waals surface area contributed by atoms with E-state index in [9.17, 15) is 4.79 Å². The highest BCUT2D eigenvalue weighted by Gasteiger charge is 2.22. The highest BCUT2D eigenvalue weighted by atomic mass is 16.7. The van der Waals surface area contributed by atoms with Gasteiger partial charge in [-0.15, -0.1) is 0 Å². The predicted octanol–water partition coefficient (Wildman–Crippen LogP) is -1.36. The van der Waals surface area contributed by atoms with Crippen LogP contribution in [-0.2, 0) is 9.63 Å². The van der Waals surface area contributed by atoms with Crippen LogP contribution in [0.25, 0.3) is 0 Å². The lowest BCUT2D eigenvalue weighted by atomic mass is 10.3. The molecule has 1 fully saturated rings. The first-order chi connectivity index (χ1) is 3.84. The molecule has 0 bridgehead atoms. The third kappa shape index (κ3) is 0.801. The molecule has 0 aromatic carbocycles. The number of hydrogen-bond acceptors (Lipinski definition) is 3. The second kappa shape index (κ2) is 2.11. The lowest BCUT2D eigenvalue weighted by Crippen LogP contribution is -2.34. The van der Waals surface area contributed by atoms with Crippen LogP contribution >= 0.6 is 0 Å². The van der Waals surface area contributed by atoms with E-state index in [1.165, 1.54) is 0 Å². The van der Waals surface area contributed by atoms with Gasteiger partial charge in [0, 0.05) is 0 Å². The van der Waals surface area contributed by atoms with Crippen LogP contribution in [-0.4, -0.2) is 25.6 Å². The van der Waals surface area contributed by atoms with E-state index in [1.807, 2.05) is 0 Å². The highest BCUT2D eigenvalue weighted by molar-refractivity contribution is 5.82. The van der Waals surface area contributed by atoms with E-state index in [4.69, 9.17) is 0 Å². The van der Waals surface area contributed by atoms with Gasteiger partial charge in [0.15, 0.2) is 0 Å². The third-order valence-electron chi connectivity index (χ3n) is 1.09. The van der Waals surface area contributed by atoms with Crippen LogP contribution in [0, 0.1) is 0 Å². The summed E-state index contributed by atoms with van der Waals surface area (Å²) in [6.07, 6.45) is 0. The Labute approximate surface area is 47.2 Å². The predicted molar refractivity (Wildman–Crippen MR) is 26.9 cm³/mol. The molecule has 0 aromatic heterocycles. The first kappa shape index (κ1) is 5.53. The van der Waals surface area contributed by atoms with Crippen LogP contribution in [0.4, 0.5) is 0 Å². The molecular formula is C4H8N2O2. The van der Waals surface area contributed by atoms with Crippen molar-refractivity contribution in [2.24, 2.45) is 0 Å². The van der Waals surface area contributed by atoms with Gasteiger partial charge in [-0.1, -0.05) is 0 Å². The number of nitrogens with one attached hydrogen (secondary N) is 2. The monoisotopic (exact) mass is 116 g/mol. The maximum Gasteiger partial charge on any atom is 0.263 e. The first-order valence-electron chi connectivity index (χ1n) is 2.43. The maximum absolute atomic E-state index is 10.5. The minimum atomic E-state index is -0.157. The van der Waals surface area contributed by atoms with Gasteiger partial charge in [-0.25, -0.2) is 5.48 Å². The zero-order chi connectivity index (χ0) is 5.98. The van der Waals surface area contributed by atoms with Gasteiger partial charge >= 0.3 is 0 Å². The van der Waals surface area contributed by atoms with Crippen molar-refractivity contribution >= 4 is 5.91 Å². The quantitative estimate of drug-likeness (QED) is 0.444. The van der Waals surface area contributed by atoms with E-state index in [0.29, 0.717) is 6.61 Å². The van der Waals surface area contributed by atoms with Crippen LogP contribution in [0.5, 0.6) is 0 Å². The Morgan fingerprint density at radius 3 is 3.00 bits per heavy atom. The summed E-state index contributed by atoms with van der Waals surface area (Å²) < 4.78 is 0. The molecule has 0 saturated carbocycles. The van der Waals surface area contributed by atoms with Crippen LogP contribution in [0.15, 0.2) is 0 Å². The molecule has 0 spiro atoms. The highest BCUT2D eigenvalue weighted by Crippen LogP contribution is 1.90. The Morgan fingerprint density at radius 2 is 2.75 bits per heavy atom. The number of hydroxylamine groups is 1. The van der Waals surface area contributed by atoms with Gasteiger partial charge in [-0.3, -0.25) is 9.63 Å². The molecule has 1 saturated heterocycles. The lowest BCUT2D eigenvalue weighted by molar-refractivity contribution is -0.125. The zero-order valence-corrected chi connectivity index (χ0v) is 4.60. The standard InChI is InChI=1S/C4H8N2O2/c1-5-3-2-8-6-4(3)7/h3,5H,2H2,1H3,(H,6,7). The molecule has 1 heterocycles. The first-order valence-corrected chi connectivity index (χ1v) is 2.43. The molecule has 1 rings (SSSR count). The largest absolute Gasteiger partial charge is 0.307 e. The molecular weight excluding hydrogens is 108 g/mol. The van der Waals surface area contributed by atoms with Crippen LogP contribution in [0.3, 0.4) is 0 Å². The average molecular weight is 116 g/mol. The minimum absolute atomic E-state index is 0.0903. The summed E-state index contributed by atoms with van der Waals surface area (Å²) in [7, 11) is 1.72. The molecule has 8 heavy (non-hydrogen) atoms. The molecule has 4 heteroatoms. The van der Waals surface area contributed by atoms with Crippen LogP contribution < -0.4 is 10.8 Å². The fourth-order valence-corrected chi connectivity index (χ4v) is 0.557. The molecule has 1 aliphatic heterocycles. The summed E-state index contributed by atoms with van der Waals surface area (Å²) in [6.45, 7) is 0.426. The van der Waals surface area contributed by atoms with Crippen molar-refractivity contribution in [1.29, 1.82) is 0 Å². The molecule has 0 radical (unpaired) electrons. The van der Waals surface area contributed by atoms with E-state index in [0.717, 1.165) is 0 Å². The van der Waals surface area contributed by atoms with Crippen molar-refractivity contribution in [3.63, 3.8) is 0 Å².